The maximum absolute atomic E-state index is 15.1. The number of aromatic amines is 1. The van der Waals surface area contributed by atoms with E-state index in [-0.39, 0.29) is 35.2 Å². The molecule has 0 radical (unpaired) electrons. The van der Waals surface area contributed by atoms with E-state index in [1.807, 2.05) is 12.1 Å². The van der Waals surface area contributed by atoms with Crippen molar-refractivity contribution in [2.24, 2.45) is 0 Å². The summed E-state index contributed by atoms with van der Waals surface area (Å²) in [6.45, 7) is 0.938. The number of nitrogens with zero attached hydrogens (tertiary/aromatic N) is 5. The third-order valence-corrected chi connectivity index (χ3v) is 8.74. The topological polar surface area (TPSA) is 115 Å². The molecule has 2 aromatic carbocycles. The lowest BCUT2D eigenvalue weighted by atomic mass is 9.96. The van der Waals surface area contributed by atoms with Crippen LogP contribution in [0.3, 0.4) is 0 Å². The Balaban J connectivity index is 1.12. The van der Waals surface area contributed by atoms with E-state index in [1.54, 1.807) is 41.4 Å². The highest BCUT2D eigenvalue weighted by Gasteiger charge is 2.42. The Hall–Kier alpha value is -4.78. The van der Waals surface area contributed by atoms with E-state index < -0.39 is 5.82 Å². The zero-order chi connectivity index (χ0) is 28.8. The van der Waals surface area contributed by atoms with Gasteiger partial charge in [-0.15, -0.1) is 0 Å². The lowest BCUT2D eigenvalue weighted by molar-refractivity contribution is 0.0712. The highest BCUT2D eigenvalue weighted by molar-refractivity contribution is 5.95. The Labute approximate surface area is 241 Å². The van der Waals surface area contributed by atoms with Crippen molar-refractivity contribution in [3.8, 4) is 11.8 Å². The van der Waals surface area contributed by atoms with Gasteiger partial charge in [-0.05, 0) is 80.1 Å². The number of fused-ring (bicyclic) bond motifs is 3. The number of pyridine rings is 1. The highest BCUT2D eigenvalue weighted by Crippen LogP contribution is 2.35. The van der Waals surface area contributed by atoms with E-state index in [4.69, 9.17) is 10.00 Å². The number of nitriles is 1. The molecule has 2 bridgehead atoms. The van der Waals surface area contributed by atoms with Crippen LogP contribution in [0.2, 0.25) is 0 Å². The first-order valence-corrected chi connectivity index (χ1v) is 14.4. The van der Waals surface area contributed by atoms with Gasteiger partial charge >= 0.3 is 0 Å². The summed E-state index contributed by atoms with van der Waals surface area (Å²) < 4.78 is 21.1. The molecule has 2 aliphatic heterocycles. The first-order valence-electron chi connectivity index (χ1n) is 14.4. The van der Waals surface area contributed by atoms with Gasteiger partial charge in [0.15, 0.2) is 0 Å². The molecule has 3 fully saturated rings. The number of nitrogens with one attached hydrogen (secondary N) is 1. The molecule has 0 spiro atoms. The number of carbonyl (C=O) groups is 1. The van der Waals surface area contributed by atoms with Crippen LogP contribution in [0.25, 0.3) is 10.8 Å². The number of amides is 1. The number of hydrogen-bond acceptors (Lipinski definition) is 7. The number of carbonyl (C=O) groups excluding carboxylic acids is 1. The zero-order valence-corrected chi connectivity index (χ0v) is 22.9. The lowest BCUT2D eigenvalue weighted by Gasteiger charge is -2.41. The Morgan fingerprint density at radius 3 is 2.55 bits per heavy atom. The van der Waals surface area contributed by atoms with Crippen LogP contribution in [0.1, 0.15) is 59.3 Å². The number of piperazine rings is 1. The Morgan fingerprint density at radius 2 is 1.86 bits per heavy atom. The molecular weight excluding hydrogens is 535 g/mol. The molecule has 1 amide bonds. The van der Waals surface area contributed by atoms with E-state index in [0.717, 1.165) is 37.9 Å². The van der Waals surface area contributed by atoms with Crippen LogP contribution in [0.5, 0.6) is 5.75 Å². The van der Waals surface area contributed by atoms with Gasteiger partial charge in [-0.2, -0.15) is 10.4 Å². The van der Waals surface area contributed by atoms with Crippen LogP contribution < -0.4 is 15.2 Å². The summed E-state index contributed by atoms with van der Waals surface area (Å²) in [6, 6.07) is 15.8. The highest BCUT2D eigenvalue weighted by atomic mass is 19.1. The number of anilines is 1. The van der Waals surface area contributed by atoms with Crippen molar-refractivity contribution in [1.29, 1.82) is 5.26 Å². The molecule has 1 N–H and O–H groups in total. The average molecular weight is 565 g/mol. The van der Waals surface area contributed by atoms with E-state index in [9.17, 15) is 9.59 Å². The summed E-state index contributed by atoms with van der Waals surface area (Å²) >= 11 is 0. The Kier molecular flexibility index (Phi) is 6.57. The van der Waals surface area contributed by atoms with E-state index in [0.29, 0.717) is 52.9 Å². The smallest absolute Gasteiger partial charge is 0.272 e. The van der Waals surface area contributed by atoms with Gasteiger partial charge in [0.25, 0.3) is 11.5 Å². The first-order chi connectivity index (χ1) is 20.5. The molecule has 1 saturated carbocycles. The zero-order valence-electron chi connectivity index (χ0n) is 22.9. The molecule has 2 saturated heterocycles. The summed E-state index contributed by atoms with van der Waals surface area (Å²) in [4.78, 5) is 34.5. The van der Waals surface area contributed by atoms with Gasteiger partial charge in [-0.1, -0.05) is 6.07 Å². The molecule has 0 unspecified atom stereocenters. The van der Waals surface area contributed by atoms with Gasteiger partial charge in [0.2, 0.25) is 0 Å². The van der Waals surface area contributed by atoms with E-state index in [2.05, 4.69) is 26.2 Å². The minimum Gasteiger partial charge on any atom is -0.490 e. The number of rotatable bonds is 6. The fraction of sp³-hybridized carbons (Fsp3) is 0.344. The predicted molar refractivity (Wildman–Crippen MR) is 154 cm³/mol. The van der Waals surface area contributed by atoms with Crippen LogP contribution >= 0.6 is 0 Å². The van der Waals surface area contributed by atoms with Gasteiger partial charge < -0.3 is 14.5 Å². The number of benzene rings is 2. The summed E-state index contributed by atoms with van der Waals surface area (Å²) in [5.41, 5.74) is 1.58. The van der Waals surface area contributed by atoms with E-state index >= 15 is 4.39 Å². The summed E-state index contributed by atoms with van der Waals surface area (Å²) in [6.07, 6.45) is 7.10. The number of likely N-dealkylation sites (tertiary alicyclic amines) is 1. The number of hydrogen-bond donors (Lipinski definition) is 1. The fourth-order valence-electron chi connectivity index (χ4n) is 6.35. The van der Waals surface area contributed by atoms with Crippen LogP contribution in [-0.2, 0) is 6.42 Å². The second-order valence-corrected chi connectivity index (χ2v) is 11.4. The second kappa shape index (κ2) is 10.6. The quantitative estimate of drug-likeness (QED) is 0.370. The van der Waals surface area contributed by atoms with Gasteiger partial charge in [0.1, 0.15) is 23.5 Å². The van der Waals surface area contributed by atoms with Crippen molar-refractivity contribution in [3.05, 3.63) is 93.3 Å². The number of aromatic nitrogens is 3. The number of ether oxygens (including phenoxy) is 1. The molecule has 7 rings (SSSR count). The van der Waals surface area contributed by atoms with Crippen molar-refractivity contribution in [3.63, 3.8) is 0 Å². The molecule has 10 heteroatoms. The monoisotopic (exact) mass is 564 g/mol. The molecule has 42 heavy (non-hydrogen) atoms. The average Bonchev–Trinajstić information content (AvgIpc) is 3.25. The Morgan fingerprint density at radius 1 is 1.05 bits per heavy atom. The SMILES string of the molecule is N#Cc1ccc(N2[C@@H]3CC[C@H]2CN(C(=O)c2cc(Cc4n[nH]c(=O)c5ccc(OC6CCC6)cc45)ccc2F)C3)nc1. The first kappa shape index (κ1) is 26.1. The number of H-pyrrole nitrogens is 1. The summed E-state index contributed by atoms with van der Waals surface area (Å²) in [7, 11) is 0. The molecule has 4 heterocycles. The van der Waals surface area contributed by atoms with Crippen molar-refractivity contribution in [1.82, 2.24) is 20.1 Å². The van der Waals surface area contributed by atoms with Crippen LogP contribution in [0.4, 0.5) is 10.2 Å². The Bertz CT molecular complexity index is 1760. The minimum absolute atomic E-state index is 0.0274. The summed E-state index contributed by atoms with van der Waals surface area (Å²) in [5.74, 6) is 0.585. The molecular formula is C32H29FN6O3. The van der Waals surface area contributed by atoms with Crippen molar-refractivity contribution >= 4 is 22.5 Å². The molecule has 9 nitrogen and oxygen atoms in total. The minimum atomic E-state index is -0.567. The molecule has 212 valence electrons. The predicted octanol–water partition coefficient (Wildman–Crippen LogP) is 4.34. The molecule has 4 aromatic rings. The standard InChI is InChI=1S/C32H29FN6O3/c33-28-10-4-19(13-29-26-14-24(42-23-2-1-3-23)8-9-25(26)31(40)37-36-29)12-27(28)32(41)38-17-21-6-7-22(18-38)39(21)30-11-5-20(15-34)16-35-30/h4-5,8-12,14,16,21-23H,1-3,6-7,13,17-18H2,(H,37,40)/t21-,22+. The van der Waals surface area contributed by atoms with E-state index in [1.165, 1.54) is 6.07 Å². The van der Waals surface area contributed by atoms with Gasteiger partial charge in [0.05, 0.1) is 28.3 Å². The largest absolute Gasteiger partial charge is 0.490 e. The summed E-state index contributed by atoms with van der Waals surface area (Å²) in [5, 5.41) is 17.1. The third-order valence-electron chi connectivity index (χ3n) is 8.74. The van der Waals surface area contributed by atoms with Gasteiger partial charge in [0, 0.05) is 43.2 Å². The maximum Gasteiger partial charge on any atom is 0.272 e. The second-order valence-electron chi connectivity index (χ2n) is 11.4. The van der Waals surface area contributed by atoms with Crippen LogP contribution in [0, 0.1) is 17.1 Å². The fourth-order valence-corrected chi connectivity index (χ4v) is 6.35. The van der Waals surface area contributed by atoms with Crippen LogP contribution in [0.15, 0.2) is 59.5 Å². The van der Waals surface area contributed by atoms with Gasteiger partial charge in [-0.3, -0.25) is 9.59 Å². The van der Waals surface area contributed by atoms with Gasteiger partial charge in [-0.25, -0.2) is 14.5 Å². The third kappa shape index (κ3) is 4.75. The molecule has 2 atom stereocenters. The lowest BCUT2D eigenvalue weighted by Crippen LogP contribution is -2.55. The molecule has 3 aliphatic rings. The van der Waals surface area contributed by atoms with Crippen molar-refractivity contribution in [2.45, 2.75) is 56.7 Å². The normalized spacial score (nSPS) is 19.9. The van der Waals surface area contributed by atoms with Crippen molar-refractivity contribution in [2.75, 3.05) is 18.0 Å². The van der Waals surface area contributed by atoms with Crippen LogP contribution in [-0.4, -0.2) is 57.3 Å². The van der Waals surface area contributed by atoms with Crippen molar-refractivity contribution < 1.29 is 13.9 Å². The molecule has 1 aliphatic carbocycles. The number of halogens is 1. The molecule has 2 aromatic heterocycles. The maximum atomic E-state index is 15.1.